The van der Waals surface area contributed by atoms with E-state index in [1.165, 1.54) is 0 Å². The SMILES string of the molecule is CCOC(=O)C1C(=O)C(C(=O)OCC)[C@@H]2CC[C@H]1N2Cc1ccccc1. The molecule has 2 heterocycles. The molecule has 6 nitrogen and oxygen atoms in total. The van der Waals surface area contributed by atoms with Gasteiger partial charge in [-0.15, -0.1) is 0 Å². The molecular weight excluding hydrogens is 334 g/mol. The second-order valence-corrected chi connectivity index (χ2v) is 6.73. The van der Waals surface area contributed by atoms with Crippen LogP contribution in [0.25, 0.3) is 0 Å². The van der Waals surface area contributed by atoms with Crippen molar-refractivity contribution in [2.45, 2.75) is 45.3 Å². The number of hydrogen-bond acceptors (Lipinski definition) is 6. The predicted octanol–water partition coefficient (Wildman–Crippen LogP) is 1.96. The number of nitrogens with zero attached hydrogens (tertiary/aromatic N) is 1. The first-order chi connectivity index (χ1) is 12.6. The van der Waals surface area contributed by atoms with Crippen LogP contribution in [0.3, 0.4) is 0 Å². The van der Waals surface area contributed by atoms with Crippen molar-refractivity contribution in [2.75, 3.05) is 13.2 Å². The van der Waals surface area contributed by atoms with E-state index >= 15 is 0 Å². The van der Waals surface area contributed by atoms with E-state index in [4.69, 9.17) is 9.47 Å². The minimum Gasteiger partial charge on any atom is -0.465 e. The maximum atomic E-state index is 13.0. The van der Waals surface area contributed by atoms with Gasteiger partial charge in [-0.05, 0) is 32.3 Å². The van der Waals surface area contributed by atoms with Crippen molar-refractivity contribution in [1.82, 2.24) is 4.90 Å². The molecule has 4 atom stereocenters. The van der Waals surface area contributed by atoms with Crippen molar-refractivity contribution >= 4 is 17.7 Å². The smallest absolute Gasteiger partial charge is 0.318 e. The molecule has 0 saturated carbocycles. The van der Waals surface area contributed by atoms with E-state index in [1.807, 2.05) is 30.3 Å². The highest BCUT2D eigenvalue weighted by molar-refractivity contribution is 6.10. The topological polar surface area (TPSA) is 72.9 Å². The van der Waals surface area contributed by atoms with Crippen LogP contribution in [0.2, 0.25) is 0 Å². The molecule has 0 aliphatic carbocycles. The van der Waals surface area contributed by atoms with Gasteiger partial charge < -0.3 is 9.47 Å². The fraction of sp³-hybridized carbons (Fsp3) is 0.550. The molecule has 0 radical (unpaired) electrons. The highest BCUT2D eigenvalue weighted by Gasteiger charge is 2.58. The zero-order chi connectivity index (χ0) is 18.7. The first-order valence-electron chi connectivity index (χ1n) is 9.25. The Balaban J connectivity index is 1.93. The van der Waals surface area contributed by atoms with Crippen LogP contribution in [0.4, 0.5) is 0 Å². The average Bonchev–Trinajstić information content (AvgIpc) is 2.92. The molecule has 2 saturated heterocycles. The van der Waals surface area contributed by atoms with E-state index in [9.17, 15) is 14.4 Å². The summed E-state index contributed by atoms with van der Waals surface area (Å²) >= 11 is 0. The van der Waals surface area contributed by atoms with E-state index in [0.717, 1.165) is 5.56 Å². The van der Waals surface area contributed by atoms with Crippen molar-refractivity contribution in [3.8, 4) is 0 Å². The lowest BCUT2D eigenvalue weighted by Gasteiger charge is -2.41. The van der Waals surface area contributed by atoms with Gasteiger partial charge in [0.15, 0.2) is 5.78 Å². The average molecular weight is 359 g/mol. The molecule has 2 fully saturated rings. The Morgan fingerprint density at radius 3 is 1.92 bits per heavy atom. The predicted molar refractivity (Wildman–Crippen MR) is 94.0 cm³/mol. The fourth-order valence-corrected chi connectivity index (χ4v) is 4.25. The van der Waals surface area contributed by atoms with Crippen LogP contribution in [-0.4, -0.2) is 47.9 Å². The Hall–Kier alpha value is -2.21. The van der Waals surface area contributed by atoms with E-state index in [0.29, 0.717) is 19.4 Å². The Morgan fingerprint density at radius 1 is 0.962 bits per heavy atom. The number of rotatable bonds is 6. The molecule has 0 N–H and O–H groups in total. The zero-order valence-electron chi connectivity index (χ0n) is 15.2. The number of carbonyl (C=O) groups is 3. The second-order valence-electron chi connectivity index (χ2n) is 6.73. The Bertz CT molecular complexity index is 638. The zero-order valence-corrected chi connectivity index (χ0v) is 15.2. The van der Waals surface area contributed by atoms with Gasteiger partial charge in [-0.3, -0.25) is 19.3 Å². The maximum Gasteiger partial charge on any atom is 0.318 e. The summed E-state index contributed by atoms with van der Waals surface area (Å²) in [5.74, 6) is -3.26. The maximum absolute atomic E-state index is 13.0. The van der Waals surface area contributed by atoms with Crippen LogP contribution in [-0.2, 0) is 30.4 Å². The minimum absolute atomic E-state index is 0.210. The number of hydrogen-bond donors (Lipinski definition) is 0. The van der Waals surface area contributed by atoms with E-state index in [2.05, 4.69) is 4.90 Å². The van der Waals surface area contributed by atoms with Gasteiger partial charge in [-0.25, -0.2) is 0 Å². The fourth-order valence-electron chi connectivity index (χ4n) is 4.25. The highest BCUT2D eigenvalue weighted by atomic mass is 16.5. The van der Waals surface area contributed by atoms with Crippen LogP contribution < -0.4 is 0 Å². The van der Waals surface area contributed by atoms with Crippen LogP contribution >= 0.6 is 0 Å². The Labute approximate surface area is 153 Å². The number of carbonyl (C=O) groups excluding carboxylic acids is 3. The van der Waals surface area contributed by atoms with Gasteiger partial charge in [0.25, 0.3) is 0 Å². The molecule has 2 bridgehead atoms. The molecule has 1 aromatic carbocycles. The molecule has 0 spiro atoms. The van der Waals surface area contributed by atoms with Gasteiger partial charge in [0.1, 0.15) is 11.8 Å². The summed E-state index contributed by atoms with van der Waals surface area (Å²) in [5, 5.41) is 0. The van der Waals surface area contributed by atoms with Crippen LogP contribution in [0.15, 0.2) is 30.3 Å². The minimum atomic E-state index is -0.924. The summed E-state index contributed by atoms with van der Waals surface area (Å²) in [5.41, 5.74) is 1.09. The third-order valence-corrected chi connectivity index (χ3v) is 5.28. The lowest BCUT2D eigenvalue weighted by atomic mass is 9.81. The normalized spacial score (nSPS) is 28.0. The lowest BCUT2D eigenvalue weighted by molar-refractivity contribution is -0.166. The molecular formula is C20H25NO5. The molecule has 6 heteroatoms. The summed E-state index contributed by atoms with van der Waals surface area (Å²) in [6.07, 6.45) is 1.39. The Morgan fingerprint density at radius 2 is 1.46 bits per heavy atom. The third-order valence-electron chi connectivity index (χ3n) is 5.28. The van der Waals surface area contributed by atoms with Crippen molar-refractivity contribution in [3.63, 3.8) is 0 Å². The number of ketones is 1. The van der Waals surface area contributed by atoms with Crippen LogP contribution in [0.1, 0.15) is 32.3 Å². The van der Waals surface area contributed by atoms with Crippen molar-refractivity contribution in [1.29, 1.82) is 0 Å². The highest BCUT2D eigenvalue weighted by Crippen LogP contribution is 2.42. The van der Waals surface area contributed by atoms with Gasteiger partial charge >= 0.3 is 11.9 Å². The van der Waals surface area contributed by atoms with E-state index in [1.54, 1.807) is 13.8 Å². The monoisotopic (exact) mass is 359 g/mol. The van der Waals surface area contributed by atoms with E-state index < -0.39 is 23.8 Å². The van der Waals surface area contributed by atoms with Crippen LogP contribution in [0, 0.1) is 11.8 Å². The van der Waals surface area contributed by atoms with Crippen LogP contribution in [0.5, 0.6) is 0 Å². The van der Waals surface area contributed by atoms with E-state index in [-0.39, 0.29) is 31.1 Å². The second kappa shape index (κ2) is 7.99. The molecule has 0 amide bonds. The number of esters is 2. The van der Waals surface area contributed by atoms with Crippen molar-refractivity contribution < 1.29 is 23.9 Å². The van der Waals surface area contributed by atoms with Gasteiger partial charge in [0.05, 0.1) is 13.2 Å². The third kappa shape index (κ3) is 3.38. The molecule has 0 aromatic heterocycles. The lowest BCUT2D eigenvalue weighted by Crippen LogP contribution is -2.58. The summed E-state index contributed by atoms with van der Waals surface area (Å²) in [4.78, 5) is 40.1. The summed E-state index contributed by atoms with van der Waals surface area (Å²) < 4.78 is 10.3. The summed E-state index contributed by atoms with van der Waals surface area (Å²) in [6, 6.07) is 9.43. The van der Waals surface area contributed by atoms with Crippen molar-refractivity contribution in [2.24, 2.45) is 11.8 Å². The number of ether oxygens (including phenoxy) is 2. The number of Topliss-reactive ketones (excluding diaryl/α,β-unsaturated/α-hetero) is 1. The number of piperidine rings is 1. The first kappa shape index (κ1) is 18.6. The first-order valence-corrected chi connectivity index (χ1v) is 9.25. The molecule has 3 rings (SSSR count). The quantitative estimate of drug-likeness (QED) is 0.571. The molecule has 140 valence electrons. The molecule has 2 aliphatic heterocycles. The largest absolute Gasteiger partial charge is 0.465 e. The molecule has 2 unspecified atom stereocenters. The van der Waals surface area contributed by atoms with Gasteiger partial charge in [-0.1, -0.05) is 30.3 Å². The summed E-state index contributed by atoms with van der Waals surface area (Å²) in [7, 11) is 0. The summed E-state index contributed by atoms with van der Waals surface area (Å²) in [6.45, 7) is 4.44. The molecule has 1 aromatic rings. The van der Waals surface area contributed by atoms with Gasteiger partial charge in [-0.2, -0.15) is 0 Å². The molecule has 2 aliphatic rings. The van der Waals surface area contributed by atoms with Gasteiger partial charge in [0, 0.05) is 18.6 Å². The number of fused-ring (bicyclic) bond motifs is 2. The standard InChI is InChI=1S/C20H25NO5/c1-3-25-19(23)16-14-10-11-15(17(18(16)22)20(24)26-4-2)21(14)12-13-8-6-5-7-9-13/h5-9,14-17H,3-4,10-12H2,1-2H3/t14-,15+,16?,17?. The molecule has 26 heavy (non-hydrogen) atoms. The van der Waals surface area contributed by atoms with Crippen molar-refractivity contribution in [3.05, 3.63) is 35.9 Å². The van der Waals surface area contributed by atoms with Gasteiger partial charge in [0.2, 0.25) is 0 Å². The Kier molecular flexibility index (Phi) is 5.71. The number of benzene rings is 1.